The number of rotatable bonds is 2. The van der Waals surface area contributed by atoms with E-state index in [1.807, 2.05) is 0 Å². The summed E-state index contributed by atoms with van der Waals surface area (Å²) in [7, 11) is 2.27. The largest absolute Gasteiger partial charge is 0.469 e. The molecule has 4 heterocycles. The second-order valence-electron chi connectivity index (χ2n) is 17.9. The minimum Gasteiger partial charge on any atom is -0.469 e. The number of hydrogen-bond donors (Lipinski definition) is 1. The minimum atomic E-state index is -0.192. The molecule has 269 valence electrons. The van der Waals surface area contributed by atoms with Crippen LogP contribution in [0.25, 0.3) is 44.0 Å². The third-order valence-electron chi connectivity index (χ3n) is 13.3. The van der Waals surface area contributed by atoms with Crippen molar-refractivity contribution < 1.29 is 8.83 Å². The van der Waals surface area contributed by atoms with Crippen molar-refractivity contribution in [3.63, 3.8) is 0 Å². The van der Waals surface area contributed by atoms with Gasteiger partial charge in [0, 0.05) is 38.5 Å². The van der Waals surface area contributed by atoms with Crippen LogP contribution in [0.4, 0.5) is 28.4 Å². The van der Waals surface area contributed by atoms with Crippen LogP contribution < -0.4 is 21.3 Å². The van der Waals surface area contributed by atoms with Crippen molar-refractivity contribution >= 4 is 79.7 Å². The van der Waals surface area contributed by atoms with Crippen LogP contribution in [0.2, 0.25) is 0 Å². The number of benzene rings is 6. The van der Waals surface area contributed by atoms with E-state index >= 15 is 0 Å². The summed E-state index contributed by atoms with van der Waals surface area (Å²) in [6, 6.07) is 39.8. The summed E-state index contributed by atoms with van der Waals surface area (Å²) < 4.78 is 13.8. The van der Waals surface area contributed by atoms with Crippen molar-refractivity contribution in [1.29, 1.82) is 0 Å². The number of anilines is 5. The highest BCUT2D eigenvalue weighted by Crippen LogP contribution is 2.54. The van der Waals surface area contributed by atoms with Crippen LogP contribution in [0.3, 0.4) is 0 Å². The molecular weight excluding hydrogens is 671 g/mol. The predicted molar refractivity (Wildman–Crippen MR) is 231 cm³/mol. The molecule has 0 saturated heterocycles. The van der Waals surface area contributed by atoms with Gasteiger partial charge in [0.05, 0.1) is 22.7 Å². The van der Waals surface area contributed by atoms with E-state index in [4.69, 9.17) is 8.83 Å². The summed E-state index contributed by atoms with van der Waals surface area (Å²) in [5.41, 5.74) is 19.1. The van der Waals surface area contributed by atoms with E-state index in [1.165, 1.54) is 34.2 Å². The van der Waals surface area contributed by atoms with Gasteiger partial charge >= 0.3 is 0 Å². The number of fused-ring (bicyclic) bond motifs is 11. The third kappa shape index (κ3) is 4.47. The molecule has 1 N–H and O–H groups in total. The summed E-state index contributed by atoms with van der Waals surface area (Å²) in [4.78, 5) is 2.49. The zero-order valence-electron chi connectivity index (χ0n) is 32.6. The smallest absolute Gasteiger partial charge is 0.247 e. The molecule has 8 aromatic rings. The second kappa shape index (κ2) is 11.0. The molecule has 0 unspecified atom stereocenters. The Morgan fingerprint density at radius 1 is 0.600 bits per heavy atom. The first-order chi connectivity index (χ1) is 26.4. The van der Waals surface area contributed by atoms with E-state index < -0.39 is 0 Å². The predicted octanol–water partition coefficient (Wildman–Crippen LogP) is 12.5. The highest BCUT2D eigenvalue weighted by atomic mass is 16.3. The van der Waals surface area contributed by atoms with Gasteiger partial charge in [0.15, 0.2) is 5.58 Å². The quantitative estimate of drug-likeness (QED) is 0.181. The molecule has 0 saturated carbocycles. The lowest BCUT2D eigenvalue weighted by molar-refractivity contribution is 0.332. The average molecular weight is 716 g/mol. The Morgan fingerprint density at radius 3 is 2.04 bits per heavy atom. The Balaban J connectivity index is 1.27. The molecule has 1 radical (unpaired) electrons. The monoisotopic (exact) mass is 715 g/mol. The molecule has 0 amide bonds. The van der Waals surface area contributed by atoms with Crippen molar-refractivity contribution in [2.24, 2.45) is 0 Å². The van der Waals surface area contributed by atoms with Gasteiger partial charge in [0.1, 0.15) is 11.2 Å². The highest BCUT2D eigenvalue weighted by Gasteiger charge is 2.41. The molecule has 1 aliphatic carbocycles. The van der Waals surface area contributed by atoms with Gasteiger partial charge in [-0.2, -0.15) is 0 Å². The van der Waals surface area contributed by atoms with Gasteiger partial charge in [0.2, 0.25) is 7.28 Å². The average Bonchev–Trinajstić information content (AvgIpc) is 3.74. The Hall–Kier alpha value is -5.68. The Bertz CT molecular complexity index is 2940. The molecule has 0 atom stereocenters. The molecule has 0 spiro atoms. The standard InChI is InChI=1S/C50H44BN2O2/c1-28-25-36-37(49(4,5)24-23-48(36,2)3)27-39(28)53-44-31-16-9-13-22-41(31)55-47(44)51-42-32(26-33-29-15-8-12-21-40(29)54-46(33)45(42)53)30-17-14-19-35-43(30)52-38-20-11-10-18-34(38)50(35,6)7/h8-22,25-27,52H,23-24H2,1-7H3. The molecule has 5 heteroatoms. The number of nitrogens with one attached hydrogen (secondary N) is 1. The fourth-order valence-electron chi connectivity index (χ4n) is 10.1. The third-order valence-corrected chi connectivity index (χ3v) is 13.3. The fraction of sp³-hybridized carbons (Fsp3) is 0.240. The molecule has 2 aromatic heterocycles. The lowest BCUT2D eigenvalue weighted by Crippen LogP contribution is -2.41. The highest BCUT2D eigenvalue weighted by molar-refractivity contribution is 6.73. The number of para-hydroxylation sites is 4. The molecule has 3 aliphatic rings. The molecule has 0 bridgehead atoms. The normalized spacial score (nSPS) is 17.2. The molecule has 4 nitrogen and oxygen atoms in total. The lowest BCUT2D eigenvalue weighted by atomic mass is 9.60. The zero-order chi connectivity index (χ0) is 37.6. The van der Waals surface area contributed by atoms with Crippen molar-refractivity contribution in [2.45, 2.75) is 77.6 Å². The summed E-state index contributed by atoms with van der Waals surface area (Å²) in [5.74, 6) is 0. The van der Waals surface area contributed by atoms with Gasteiger partial charge < -0.3 is 19.1 Å². The van der Waals surface area contributed by atoms with Gasteiger partial charge in [0.25, 0.3) is 0 Å². The molecule has 11 rings (SSSR count). The maximum atomic E-state index is 7.01. The Morgan fingerprint density at radius 2 is 1.25 bits per heavy atom. The fourth-order valence-corrected chi connectivity index (χ4v) is 10.1. The lowest BCUT2D eigenvalue weighted by Gasteiger charge is -2.43. The van der Waals surface area contributed by atoms with Crippen LogP contribution in [-0.4, -0.2) is 7.28 Å². The van der Waals surface area contributed by atoms with E-state index in [-0.39, 0.29) is 16.2 Å². The van der Waals surface area contributed by atoms with Crippen LogP contribution >= 0.6 is 0 Å². The maximum absolute atomic E-state index is 7.01. The SMILES string of the molecule is Cc1cc2c(cc1N1c3c(oc4ccccc34)[B]c3c(-c4cccc5c4Nc4ccccc4C5(C)C)cc4c(oc5ccccc54)c31)C(C)(C)CCC2(C)C. The molecule has 2 aliphatic heterocycles. The first kappa shape index (κ1) is 32.7. The number of hydrogen-bond acceptors (Lipinski definition) is 4. The summed E-state index contributed by atoms with van der Waals surface area (Å²) in [6.45, 7) is 16.6. The van der Waals surface area contributed by atoms with Crippen LogP contribution in [0, 0.1) is 6.92 Å². The van der Waals surface area contributed by atoms with E-state index in [9.17, 15) is 0 Å². The molecule has 6 aromatic carbocycles. The van der Waals surface area contributed by atoms with Gasteiger partial charge in [-0.25, -0.2) is 0 Å². The summed E-state index contributed by atoms with van der Waals surface area (Å²) in [5, 5.41) is 7.21. The van der Waals surface area contributed by atoms with Gasteiger partial charge in [-0.3, -0.25) is 0 Å². The second-order valence-corrected chi connectivity index (χ2v) is 17.9. The van der Waals surface area contributed by atoms with E-state index in [0.717, 1.165) is 90.0 Å². The molecular formula is C50H44BN2O2. The van der Waals surface area contributed by atoms with Crippen molar-refractivity contribution in [3.8, 4) is 11.1 Å². The van der Waals surface area contributed by atoms with Crippen molar-refractivity contribution in [3.05, 3.63) is 137 Å². The van der Waals surface area contributed by atoms with Crippen molar-refractivity contribution in [1.82, 2.24) is 0 Å². The van der Waals surface area contributed by atoms with Crippen LogP contribution in [-0.2, 0) is 16.2 Å². The topological polar surface area (TPSA) is 41.6 Å². The van der Waals surface area contributed by atoms with E-state index in [1.54, 1.807) is 0 Å². The number of furan rings is 2. The van der Waals surface area contributed by atoms with Crippen molar-refractivity contribution in [2.75, 3.05) is 10.2 Å². The number of nitrogens with zero attached hydrogens (tertiary/aromatic N) is 1. The van der Waals surface area contributed by atoms with Gasteiger partial charge in [-0.05, 0) is 106 Å². The van der Waals surface area contributed by atoms with E-state index in [2.05, 4.69) is 175 Å². The van der Waals surface area contributed by atoms with Crippen LogP contribution in [0.15, 0.2) is 118 Å². The zero-order valence-corrected chi connectivity index (χ0v) is 32.6. The Labute approximate surface area is 323 Å². The first-order valence-corrected chi connectivity index (χ1v) is 19.7. The summed E-state index contributed by atoms with van der Waals surface area (Å²) in [6.07, 6.45) is 2.31. The van der Waals surface area contributed by atoms with Crippen LogP contribution in [0.1, 0.15) is 82.2 Å². The van der Waals surface area contributed by atoms with E-state index in [0.29, 0.717) is 0 Å². The summed E-state index contributed by atoms with van der Waals surface area (Å²) >= 11 is 0. The number of aryl methyl sites for hydroxylation is 1. The van der Waals surface area contributed by atoms with Gasteiger partial charge in [-0.15, -0.1) is 0 Å². The maximum Gasteiger partial charge on any atom is 0.247 e. The Kier molecular flexibility index (Phi) is 6.53. The minimum absolute atomic E-state index is 0.0355. The molecule has 55 heavy (non-hydrogen) atoms. The van der Waals surface area contributed by atoms with Gasteiger partial charge in [-0.1, -0.05) is 114 Å². The van der Waals surface area contributed by atoms with Crippen LogP contribution in [0.5, 0.6) is 0 Å². The first-order valence-electron chi connectivity index (χ1n) is 19.7. The molecule has 0 fully saturated rings.